The molecule has 0 fully saturated rings. The average molecular weight is 924 g/mol. The molecule has 0 saturated carbocycles. The smallest absolute Gasteiger partial charge is 0.165 e. The molecule has 10 aromatic rings. The summed E-state index contributed by atoms with van der Waals surface area (Å²) < 4.78 is 6.62. The van der Waals surface area contributed by atoms with Gasteiger partial charge >= 0.3 is 0 Å². The minimum atomic E-state index is 0. The summed E-state index contributed by atoms with van der Waals surface area (Å²) in [4.78, 5) is 19.7. The number of furan rings is 1. The van der Waals surface area contributed by atoms with Crippen LogP contribution in [0.2, 0.25) is 0 Å². The third kappa shape index (κ3) is 6.94. The van der Waals surface area contributed by atoms with Crippen LogP contribution >= 0.6 is 0 Å². The van der Waals surface area contributed by atoms with Crippen LogP contribution in [-0.2, 0) is 20.1 Å². The van der Waals surface area contributed by atoms with Crippen LogP contribution < -0.4 is 0 Å². The summed E-state index contributed by atoms with van der Waals surface area (Å²) in [6, 6.07) is 61.9. The van der Waals surface area contributed by atoms with E-state index in [1.54, 1.807) is 0 Å². The van der Waals surface area contributed by atoms with Crippen molar-refractivity contribution in [3.63, 3.8) is 0 Å². The van der Waals surface area contributed by atoms with Crippen LogP contribution in [-0.4, -0.2) is 19.9 Å². The van der Waals surface area contributed by atoms with Crippen molar-refractivity contribution in [2.45, 2.75) is 13.8 Å². The van der Waals surface area contributed by atoms with Crippen molar-refractivity contribution in [2.75, 3.05) is 0 Å². The zero-order valence-corrected chi connectivity index (χ0v) is 34.2. The van der Waals surface area contributed by atoms with E-state index in [9.17, 15) is 0 Å². The van der Waals surface area contributed by atoms with Crippen LogP contribution in [0.15, 0.2) is 180 Å². The molecular weight excluding hydrogens is 889 g/mol. The third-order valence-corrected chi connectivity index (χ3v) is 10.4. The molecule has 0 aliphatic carbocycles. The molecule has 3 aromatic heterocycles. The van der Waals surface area contributed by atoms with Gasteiger partial charge in [0.25, 0.3) is 0 Å². The largest absolute Gasteiger partial charge is 0.455 e. The summed E-state index contributed by atoms with van der Waals surface area (Å²) in [7, 11) is 0. The molecule has 0 bridgehead atoms. The number of para-hydroxylation sites is 2. The molecule has 279 valence electrons. The maximum Gasteiger partial charge on any atom is 0.165 e. The van der Waals surface area contributed by atoms with E-state index in [4.69, 9.17) is 24.4 Å². The number of aromatic nitrogens is 4. The molecule has 7 aromatic carbocycles. The summed E-state index contributed by atoms with van der Waals surface area (Å²) in [6.07, 6.45) is 1.84. The number of aryl methyl sites for hydroxylation is 2. The standard InChI is InChI=1S/C52H35N4O.Ir/c1-33-28-34(2)30-39(29-33)40-18-9-10-19-41(40)42-26-24-37(31-46(42)45-22-13-21-44-43-20-11-12-23-48(43)57-49(44)45)47-27-25-38(32-53-47)52-55-50(35-14-5-3-6-15-35)54-51(56-52)36-16-7-4-8-17-36;/h3-23,25-32H,1-2H3;/q-1;. The normalized spacial score (nSPS) is 11.1. The van der Waals surface area contributed by atoms with E-state index in [1.165, 1.54) is 16.7 Å². The van der Waals surface area contributed by atoms with Gasteiger partial charge in [-0.2, -0.15) is 0 Å². The number of fused-ring (bicyclic) bond motifs is 3. The van der Waals surface area contributed by atoms with Crippen LogP contribution in [0, 0.1) is 19.9 Å². The van der Waals surface area contributed by atoms with Crippen molar-refractivity contribution in [1.82, 2.24) is 19.9 Å². The van der Waals surface area contributed by atoms with Crippen LogP contribution in [0.1, 0.15) is 11.1 Å². The zero-order chi connectivity index (χ0) is 38.3. The maximum absolute atomic E-state index is 6.62. The predicted octanol–water partition coefficient (Wildman–Crippen LogP) is 13.2. The number of hydrogen-bond donors (Lipinski definition) is 0. The Morgan fingerprint density at radius 1 is 0.448 bits per heavy atom. The molecule has 0 aliphatic rings. The number of rotatable bonds is 7. The van der Waals surface area contributed by atoms with Crippen LogP contribution in [0.4, 0.5) is 0 Å². The van der Waals surface area contributed by atoms with Gasteiger partial charge in [-0.15, -0.1) is 23.8 Å². The molecule has 1 radical (unpaired) electrons. The Morgan fingerprint density at radius 3 is 1.71 bits per heavy atom. The van der Waals surface area contributed by atoms with E-state index in [2.05, 4.69) is 105 Å². The Labute approximate surface area is 350 Å². The van der Waals surface area contributed by atoms with Crippen molar-refractivity contribution in [2.24, 2.45) is 0 Å². The first-order valence-electron chi connectivity index (χ1n) is 19.0. The van der Waals surface area contributed by atoms with Gasteiger partial charge < -0.3 is 9.40 Å². The second kappa shape index (κ2) is 15.6. The van der Waals surface area contributed by atoms with E-state index in [1.807, 2.05) is 91.1 Å². The number of hydrogen-bond acceptors (Lipinski definition) is 5. The Hall–Kier alpha value is -6.85. The fourth-order valence-electron chi connectivity index (χ4n) is 7.77. The van der Waals surface area contributed by atoms with Gasteiger partial charge in [-0.1, -0.05) is 179 Å². The number of benzene rings is 7. The number of nitrogens with zero attached hydrogens (tertiary/aromatic N) is 4. The minimum Gasteiger partial charge on any atom is -0.455 e. The minimum absolute atomic E-state index is 0. The molecule has 0 unspecified atom stereocenters. The summed E-state index contributed by atoms with van der Waals surface area (Å²) in [5.74, 6) is 1.78. The Balaban J connectivity index is 0.00000436. The Bertz CT molecular complexity index is 3010. The van der Waals surface area contributed by atoms with E-state index < -0.39 is 0 Å². The van der Waals surface area contributed by atoms with Gasteiger partial charge in [-0.05, 0) is 36.7 Å². The van der Waals surface area contributed by atoms with Gasteiger partial charge in [0.2, 0.25) is 0 Å². The fraction of sp³-hybridized carbons (Fsp3) is 0.0385. The van der Waals surface area contributed by atoms with Gasteiger partial charge in [0.05, 0.1) is 0 Å². The average Bonchev–Trinajstić information content (AvgIpc) is 3.66. The van der Waals surface area contributed by atoms with E-state index in [0.717, 1.165) is 77.7 Å². The summed E-state index contributed by atoms with van der Waals surface area (Å²) in [5, 5.41) is 2.17. The molecule has 6 heteroatoms. The molecule has 0 aliphatic heterocycles. The topological polar surface area (TPSA) is 64.7 Å². The molecule has 0 atom stereocenters. The van der Waals surface area contributed by atoms with Gasteiger partial charge in [0.1, 0.15) is 11.2 Å². The Kier molecular flexibility index (Phi) is 9.88. The first-order chi connectivity index (χ1) is 28.1. The van der Waals surface area contributed by atoms with Crippen molar-refractivity contribution < 1.29 is 24.5 Å². The maximum atomic E-state index is 6.62. The summed E-state index contributed by atoms with van der Waals surface area (Å²) in [6.45, 7) is 4.30. The molecular formula is C52H35IrN4O-. The fourth-order valence-corrected chi connectivity index (χ4v) is 7.77. The predicted molar refractivity (Wildman–Crippen MR) is 231 cm³/mol. The molecule has 0 saturated heterocycles. The molecule has 0 amide bonds. The van der Waals surface area contributed by atoms with E-state index in [0.29, 0.717) is 17.5 Å². The van der Waals surface area contributed by atoms with Crippen molar-refractivity contribution >= 4 is 21.9 Å². The third-order valence-electron chi connectivity index (χ3n) is 10.4. The molecule has 0 N–H and O–H groups in total. The SMILES string of the molecule is Cc1cc(C)cc(-c2ccccc2-c2c[c-]c(-c3ccc(-c4nc(-c5ccccc5)nc(-c5ccccc5)n4)cn3)cc2-c2cccc3c2oc2ccccc23)c1.[Ir]. The van der Waals surface area contributed by atoms with Crippen LogP contribution in [0.3, 0.4) is 0 Å². The van der Waals surface area contributed by atoms with E-state index in [-0.39, 0.29) is 20.1 Å². The molecule has 3 heterocycles. The first-order valence-corrected chi connectivity index (χ1v) is 19.0. The summed E-state index contributed by atoms with van der Waals surface area (Å²) in [5.41, 5.74) is 15.0. The second-order valence-corrected chi connectivity index (χ2v) is 14.3. The number of pyridine rings is 1. The van der Waals surface area contributed by atoms with Crippen molar-refractivity contribution in [1.29, 1.82) is 0 Å². The van der Waals surface area contributed by atoms with Crippen molar-refractivity contribution in [3.05, 3.63) is 193 Å². The molecule has 10 rings (SSSR count). The quantitative estimate of drug-likeness (QED) is 0.149. The Morgan fingerprint density at radius 2 is 1.03 bits per heavy atom. The second-order valence-electron chi connectivity index (χ2n) is 14.3. The molecule has 58 heavy (non-hydrogen) atoms. The van der Waals surface area contributed by atoms with Gasteiger partial charge in [0.15, 0.2) is 17.5 Å². The van der Waals surface area contributed by atoms with Gasteiger partial charge in [0, 0.05) is 59.3 Å². The van der Waals surface area contributed by atoms with E-state index >= 15 is 0 Å². The molecule has 5 nitrogen and oxygen atoms in total. The monoisotopic (exact) mass is 924 g/mol. The summed E-state index contributed by atoms with van der Waals surface area (Å²) >= 11 is 0. The molecule has 0 spiro atoms. The zero-order valence-electron chi connectivity index (χ0n) is 31.8. The first kappa shape index (κ1) is 36.8. The van der Waals surface area contributed by atoms with Crippen molar-refractivity contribution in [3.8, 4) is 78.8 Å². The van der Waals surface area contributed by atoms with Crippen LogP contribution in [0.25, 0.3) is 101 Å². The van der Waals surface area contributed by atoms with Crippen LogP contribution in [0.5, 0.6) is 0 Å². The van der Waals surface area contributed by atoms with Gasteiger partial charge in [-0.3, -0.25) is 0 Å². The van der Waals surface area contributed by atoms with Gasteiger partial charge in [-0.25, -0.2) is 15.0 Å².